The van der Waals surface area contributed by atoms with Gasteiger partial charge in [0.1, 0.15) is 0 Å². The quantitative estimate of drug-likeness (QED) is 0.623. The van der Waals surface area contributed by atoms with Gasteiger partial charge >= 0.3 is 6.18 Å². The first-order chi connectivity index (χ1) is 7.36. The smallest absolute Gasteiger partial charge is 0.435 e. The zero-order valence-electron chi connectivity index (χ0n) is 8.90. The number of methoxy groups -OCH3 is 1. The van der Waals surface area contributed by atoms with Crippen LogP contribution in [0.4, 0.5) is 13.2 Å². The van der Waals surface area contributed by atoms with Crippen molar-refractivity contribution in [2.75, 3.05) is 7.11 Å². The molecule has 1 aromatic rings. The zero-order chi connectivity index (χ0) is 12.3. The lowest BCUT2D eigenvalue weighted by Gasteiger charge is -2.07. The molecule has 16 heavy (non-hydrogen) atoms. The first-order valence-corrected chi connectivity index (χ1v) is 4.58. The molecular weight excluding hydrogens is 223 g/mol. The third-order valence-corrected chi connectivity index (χ3v) is 2.19. The van der Waals surface area contributed by atoms with Crippen molar-refractivity contribution in [3.05, 3.63) is 17.0 Å². The summed E-state index contributed by atoms with van der Waals surface area (Å²) in [5, 5.41) is 12.7. The van der Waals surface area contributed by atoms with Gasteiger partial charge < -0.3 is 4.74 Å². The van der Waals surface area contributed by atoms with E-state index in [0.29, 0.717) is 5.69 Å². The predicted molar refractivity (Wildman–Crippen MR) is 51.4 cm³/mol. The summed E-state index contributed by atoms with van der Waals surface area (Å²) in [7, 11) is 1.31. The largest absolute Gasteiger partial charge is 0.484 e. The molecule has 0 spiro atoms. The summed E-state index contributed by atoms with van der Waals surface area (Å²) >= 11 is 0. The molecule has 0 bridgehead atoms. The Morgan fingerprint density at radius 2 is 2.12 bits per heavy atom. The van der Waals surface area contributed by atoms with Crippen molar-refractivity contribution in [2.24, 2.45) is 0 Å². The second-order valence-corrected chi connectivity index (χ2v) is 3.30. The van der Waals surface area contributed by atoms with Gasteiger partial charge in [-0.05, 0) is 13.3 Å². The third-order valence-electron chi connectivity index (χ3n) is 2.19. The molecule has 0 amide bonds. The Morgan fingerprint density at radius 1 is 1.50 bits per heavy atom. The lowest BCUT2D eigenvalue weighted by atomic mass is 10.1. The Bertz CT molecular complexity index is 384. The molecule has 7 heteroatoms. The van der Waals surface area contributed by atoms with Crippen molar-refractivity contribution in [3.8, 4) is 0 Å². The van der Waals surface area contributed by atoms with Gasteiger partial charge in [-0.3, -0.25) is 10.5 Å². The molecule has 0 fully saturated rings. The van der Waals surface area contributed by atoms with E-state index in [1.807, 2.05) is 0 Å². The third kappa shape index (κ3) is 2.74. The van der Waals surface area contributed by atoms with Gasteiger partial charge in [0.15, 0.2) is 11.6 Å². The molecule has 0 aromatic carbocycles. The van der Waals surface area contributed by atoms with E-state index < -0.39 is 11.9 Å². The summed E-state index contributed by atoms with van der Waals surface area (Å²) in [6, 6.07) is 0. The summed E-state index contributed by atoms with van der Waals surface area (Å²) in [5.74, 6) is -0.0475. The Hall–Kier alpha value is -1.53. The van der Waals surface area contributed by atoms with Crippen LogP contribution in [-0.4, -0.2) is 23.2 Å². The fourth-order valence-electron chi connectivity index (χ4n) is 1.33. The first kappa shape index (κ1) is 12.5. The summed E-state index contributed by atoms with van der Waals surface area (Å²) in [4.78, 5) is 0. The number of ether oxygens (including phenoxy) is 1. The van der Waals surface area contributed by atoms with Crippen LogP contribution in [0.3, 0.4) is 0 Å². The number of hydrogen-bond acceptors (Lipinski definition) is 3. The van der Waals surface area contributed by atoms with Gasteiger partial charge in [-0.1, -0.05) is 0 Å². The molecule has 90 valence electrons. The fraction of sp³-hybridized carbons (Fsp3) is 0.556. The zero-order valence-corrected chi connectivity index (χ0v) is 8.90. The van der Waals surface area contributed by atoms with E-state index >= 15 is 0 Å². The van der Waals surface area contributed by atoms with Crippen LogP contribution in [0.1, 0.15) is 23.4 Å². The summed E-state index contributed by atoms with van der Waals surface area (Å²) in [5.41, 5.74) is -0.445. The number of rotatable bonds is 3. The van der Waals surface area contributed by atoms with Crippen LogP contribution in [0.25, 0.3) is 0 Å². The van der Waals surface area contributed by atoms with Gasteiger partial charge in [-0.15, -0.1) is 0 Å². The van der Waals surface area contributed by atoms with Crippen LogP contribution in [-0.2, 0) is 17.3 Å². The van der Waals surface area contributed by atoms with Crippen LogP contribution in [0.15, 0.2) is 0 Å². The van der Waals surface area contributed by atoms with E-state index in [2.05, 4.69) is 14.9 Å². The number of nitrogens with zero attached hydrogens (tertiary/aromatic N) is 1. The molecule has 1 heterocycles. The molecule has 0 aliphatic heterocycles. The molecule has 1 rings (SSSR count). The van der Waals surface area contributed by atoms with Crippen LogP contribution < -0.4 is 0 Å². The van der Waals surface area contributed by atoms with Crippen molar-refractivity contribution < 1.29 is 17.9 Å². The topological polar surface area (TPSA) is 61.8 Å². The molecule has 0 aliphatic carbocycles. The summed E-state index contributed by atoms with van der Waals surface area (Å²) < 4.78 is 42.1. The number of alkyl halides is 3. The van der Waals surface area contributed by atoms with Crippen LogP contribution in [0, 0.1) is 12.3 Å². The van der Waals surface area contributed by atoms with Crippen molar-refractivity contribution in [1.29, 1.82) is 5.41 Å². The Kier molecular flexibility index (Phi) is 3.56. The Morgan fingerprint density at radius 3 is 2.62 bits per heavy atom. The second-order valence-electron chi connectivity index (χ2n) is 3.30. The van der Waals surface area contributed by atoms with E-state index in [-0.39, 0.29) is 24.3 Å². The normalized spacial score (nSPS) is 11.6. The molecule has 4 nitrogen and oxygen atoms in total. The lowest BCUT2D eigenvalue weighted by molar-refractivity contribution is -0.141. The number of nitrogens with one attached hydrogen (secondary N) is 2. The number of aryl methyl sites for hydroxylation is 1. The first-order valence-electron chi connectivity index (χ1n) is 4.58. The Labute approximate surface area is 90.3 Å². The maximum atomic E-state index is 12.5. The van der Waals surface area contributed by atoms with Crippen molar-refractivity contribution in [2.45, 2.75) is 25.9 Å². The number of hydrogen-bond donors (Lipinski definition) is 2. The average Bonchev–Trinajstić information content (AvgIpc) is 2.55. The van der Waals surface area contributed by atoms with Crippen molar-refractivity contribution >= 4 is 5.90 Å². The summed E-state index contributed by atoms with van der Waals surface area (Å²) in [6.45, 7) is 1.52. The molecule has 0 radical (unpaired) electrons. The number of H-pyrrole nitrogens is 1. The van der Waals surface area contributed by atoms with Gasteiger partial charge in [0.2, 0.25) is 0 Å². The summed E-state index contributed by atoms with van der Waals surface area (Å²) in [6.07, 6.45) is -4.25. The van der Waals surface area contributed by atoms with E-state index in [4.69, 9.17) is 5.41 Å². The molecule has 2 N–H and O–H groups in total. The highest BCUT2D eigenvalue weighted by atomic mass is 19.4. The monoisotopic (exact) mass is 235 g/mol. The van der Waals surface area contributed by atoms with Crippen LogP contribution >= 0.6 is 0 Å². The standard InChI is InChI=1S/C9H12F3N3O/c1-5-6(3-4-7(13)16-2)8(15-14-5)9(10,11)12/h13H,3-4H2,1-2H3,(H,14,15). The molecule has 0 aliphatic rings. The molecule has 0 unspecified atom stereocenters. The average molecular weight is 235 g/mol. The van der Waals surface area contributed by atoms with E-state index in [1.54, 1.807) is 0 Å². The highest BCUT2D eigenvalue weighted by Crippen LogP contribution is 2.31. The van der Waals surface area contributed by atoms with Gasteiger partial charge in [0, 0.05) is 17.7 Å². The van der Waals surface area contributed by atoms with Gasteiger partial charge in [0.05, 0.1) is 7.11 Å². The minimum absolute atomic E-state index is 0.0475. The Balaban J connectivity index is 2.86. The van der Waals surface area contributed by atoms with E-state index in [1.165, 1.54) is 14.0 Å². The lowest BCUT2D eigenvalue weighted by Crippen LogP contribution is -2.10. The minimum Gasteiger partial charge on any atom is -0.484 e. The minimum atomic E-state index is -4.46. The second kappa shape index (κ2) is 4.54. The molecule has 1 aromatic heterocycles. The number of aromatic nitrogens is 2. The van der Waals surface area contributed by atoms with Gasteiger partial charge in [-0.25, -0.2) is 0 Å². The van der Waals surface area contributed by atoms with Crippen molar-refractivity contribution in [1.82, 2.24) is 10.2 Å². The highest BCUT2D eigenvalue weighted by molar-refractivity contribution is 5.72. The maximum absolute atomic E-state index is 12.5. The number of aromatic amines is 1. The predicted octanol–water partition coefficient (Wildman–Crippen LogP) is 2.29. The molecule has 0 atom stereocenters. The van der Waals surface area contributed by atoms with Gasteiger partial charge in [-0.2, -0.15) is 18.3 Å². The fourth-order valence-corrected chi connectivity index (χ4v) is 1.33. The van der Waals surface area contributed by atoms with Crippen molar-refractivity contribution in [3.63, 3.8) is 0 Å². The SMILES string of the molecule is COC(=N)CCc1c(C(F)(F)F)n[nH]c1C. The molecule has 0 saturated heterocycles. The number of halogens is 3. The van der Waals surface area contributed by atoms with Crippen LogP contribution in [0.2, 0.25) is 0 Å². The maximum Gasteiger partial charge on any atom is 0.435 e. The molecular formula is C9H12F3N3O. The van der Waals surface area contributed by atoms with E-state index in [9.17, 15) is 13.2 Å². The van der Waals surface area contributed by atoms with E-state index in [0.717, 1.165) is 0 Å². The van der Waals surface area contributed by atoms with Gasteiger partial charge in [0.25, 0.3) is 0 Å². The molecule has 0 saturated carbocycles. The van der Waals surface area contributed by atoms with Crippen LogP contribution in [0.5, 0.6) is 0 Å². The highest BCUT2D eigenvalue weighted by Gasteiger charge is 2.37.